The third-order valence-corrected chi connectivity index (χ3v) is 15.3. The van der Waals surface area contributed by atoms with Gasteiger partial charge in [0.25, 0.3) is 5.91 Å². The van der Waals surface area contributed by atoms with Crippen LogP contribution in [-0.4, -0.2) is 63.2 Å². The minimum absolute atomic E-state index is 0.0704. The fourth-order valence-electron chi connectivity index (χ4n) is 10.2. The molecule has 53 heavy (non-hydrogen) atoms. The molecule has 4 bridgehead atoms. The Labute approximate surface area is 318 Å². The van der Waals surface area contributed by atoms with Crippen molar-refractivity contribution in [3.8, 4) is 0 Å². The van der Waals surface area contributed by atoms with Gasteiger partial charge in [-0.05, 0) is 113 Å². The van der Waals surface area contributed by atoms with Crippen LogP contribution in [0, 0.1) is 16.2 Å². The summed E-state index contributed by atoms with van der Waals surface area (Å²) in [5.41, 5.74) is -0.530. The lowest BCUT2D eigenvalue weighted by atomic mass is 9.64. The molecule has 0 spiro atoms. The number of esters is 1. The summed E-state index contributed by atoms with van der Waals surface area (Å²) in [6.07, 6.45) is 7.69. The summed E-state index contributed by atoms with van der Waals surface area (Å²) >= 11 is 1.65. The van der Waals surface area contributed by atoms with Gasteiger partial charge in [0.1, 0.15) is 0 Å². The Bertz CT molecular complexity index is 1900. The molecule has 3 fully saturated rings. The monoisotopic (exact) mass is 737 g/mol. The molecule has 5 aliphatic rings. The summed E-state index contributed by atoms with van der Waals surface area (Å²) in [6, 6.07) is 19.5. The number of ketones is 1. The van der Waals surface area contributed by atoms with Crippen LogP contribution in [0.3, 0.4) is 0 Å². The van der Waals surface area contributed by atoms with E-state index in [0.717, 1.165) is 22.4 Å². The molecule has 8 heteroatoms. The van der Waals surface area contributed by atoms with E-state index in [1.807, 2.05) is 79.6 Å². The van der Waals surface area contributed by atoms with E-state index in [-0.39, 0.29) is 30.1 Å². The number of aliphatic hydroxyl groups is 2. The van der Waals surface area contributed by atoms with Gasteiger partial charge in [0, 0.05) is 33.4 Å². The lowest BCUT2D eigenvalue weighted by Crippen LogP contribution is -2.60. The van der Waals surface area contributed by atoms with Crippen molar-refractivity contribution in [2.24, 2.45) is 16.2 Å². The molecule has 1 amide bonds. The first kappa shape index (κ1) is 37.7. The maximum atomic E-state index is 15.1. The van der Waals surface area contributed by atoms with Crippen molar-refractivity contribution in [1.29, 1.82) is 0 Å². The second-order valence-corrected chi connectivity index (χ2v) is 18.4. The van der Waals surface area contributed by atoms with Crippen LogP contribution >= 0.6 is 11.3 Å². The molecule has 2 saturated carbocycles. The molecule has 1 aromatic heterocycles. The first-order chi connectivity index (χ1) is 25.1. The number of carbonyl (C=O) groups excluding carboxylic acids is 3. The van der Waals surface area contributed by atoms with E-state index >= 15 is 4.79 Å². The van der Waals surface area contributed by atoms with E-state index < -0.39 is 33.6 Å². The van der Waals surface area contributed by atoms with Gasteiger partial charge in [-0.2, -0.15) is 0 Å². The fraction of sp³-hybridized carbons (Fsp3) is 0.533. The van der Waals surface area contributed by atoms with Gasteiger partial charge in [-0.25, -0.2) is 0 Å². The SMILES string of the molecule is CC1=CCC[C@@]2(C)[C@@H](CC[C@@]2(O)CN(CCc2cccs2)C(=O)[C@@]23CC[C@@](C)(C(=O)O2)C3(C)C)c2ccc(cc2C(=O)c2ccccc2)C[C@@H](O)CC1. The highest BCUT2D eigenvalue weighted by atomic mass is 32.1. The second-order valence-electron chi connectivity index (χ2n) is 17.4. The average Bonchev–Trinajstić information content (AvgIpc) is 3.83. The third kappa shape index (κ3) is 6.23. The number of allylic oxidation sites excluding steroid dienone is 2. The number of nitrogens with zero attached hydrogens (tertiary/aromatic N) is 1. The molecule has 3 aromatic rings. The minimum atomic E-state index is -1.30. The molecule has 1 saturated heterocycles. The van der Waals surface area contributed by atoms with Crippen LogP contribution in [0.25, 0.3) is 0 Å². The summed E-state index contributed by atoms with van der Waals surface area (Å²) in [5, 5.41) is 26.2. The van der Waals surface area contributed by atoms with Crippen LogP contribution in [0.5, 0.6) is 0 Å². The van der Waals surface area contributed by atoms with Crippen molar-refractivity contribution >= 4 is 29.0 Å². The number of thiophene rings is 1. The molecule has 2 heterocycles. The van der Waals surface area contributed by atoms with Gasteiger partial charge in [0.2, 0.25) is 0 Å². The van der Waals surface area contributed by atoms with Crippen LogP contribution in [0.1, 0.15) is 124 Å². The summed E-state index contributed by atoms with van der Waals surface area (Å²) in [5.74, 6) is -0.770. The highest BCUT2D eigenvalue weighted by Crippen LogP contribution is 2.66. The van der Waals surface area contributed by atoms with Crippen LogP contribution in [0.15, 0.2) is 77.7 Å². The average molecular weight is 738 g/mol. The Morgan fingerprint density at radius 3 is 2.42 bits per heavy atom. The van der Waals surface area contributed by atoms with E-state index in [1.165, 1.54) is 5.57 Å². The number of amides is 1. The molecular formula is C45H55NO6S. The van der Waals surface area contributed by atoms with Gasteiger partial charge in [-0.15, -0.1) is 11.3 Å². The minimum Gasteiger partial charge on any atom is -0.448 e. The molecule has 7 nitrogen and oxygen atoms in total. The number of carbonyl (C=O) groups is 3. The molecule has 6 atom stereocenters. The van der Waals surface area contributed by atoms with E-state index in [4.69, 9.17) is 4.74 Å². The fourth-order valence-corrected chi connectivity index (χ4v) is 10.9. The predicted octanol–water partition coefficient (Wildman–Crippen LogP) is 8.21. The highest BCUT2D eigenvalue weighted by molar-refractivity contribution is 7.09. The number of hydrogen-bond donors (Lipinski definition) is 2. The highest BCUT2D eigenvalue weighted by Gasteiger charge is 2.76. The van der Waals surface area contributed by atoms with Gasteiger partial charge in [0.05, 0.1) is 23.7 Å². The molecule has 4 aliphatic carbocycles. The number of rotatable bonds is 8. The van der Waals surface area contributed by atoms with Crippen LogP contribution in [0.4, 0.5) is 0 Å². The molecule has 1 aliphatic heterocycles. The van der Waals surface area contributed by atoms with E-state index in [1.54, 1.807) is 11.3 Å². The Morgan fingerprint density at radius 2 is 1.74 bits per heavy atom. The van der Waals surface area contributed by atoms with E-state index in [2.05, 4.69) is 32.1 Å². The van der Waals surface area contributed by atoms with Crippen molar-refractivity contribution < 1.29 is 29.3 Å². The zero-order chi connectivity index (χ0) is 37.8. The molecule has 8 rings (SSSR count). The summed E-state index contributed by atoms with van der Waals surface area (Å²) in [6.45, 7) is 10.7. The molecule has 2 aromatic carbocycles. The first-order valence-electron chi connectivity index (χ1n) is 19.5. The lowest BCUT2D eigenvalue weighted by molar-refractivity contribution is -0.177. The van der Waals surface area contributed by atoms with E-state index in [0.29, 0.717) is 75.5 Å². The summed E-state index contributed by atoms with van der Waals surface area (Å²) in [4.78, 5) is 45.7. The van der Waals surface area contributed by atoms with Crippen LogP contribution < -0.4 is 0 Å². The number of benzene rings is 2. The summed E-state index contributed by atoms with van der Waals surface area (Å²) < 4.78 is 6.14. The van der Waals surface area contributed by atoms with Gasteiger partial charge >= 0.3 is 5.97 Å². The van der Waals surface area contributed by atoms with Gasteiger partial charge in [-0.3, -0.25) is 14.4 Å². The Hall–Kier alpha value is -3.59. The Kier molecular flexibility index (Phi) is 9.91. The number of fused-ring (bicyclic) bond motifs is 10. The number of ether oxygens (including phenoxy) is 1. The number of hydrogen-bond acceptors (Lipinski definition) is 7. The summed E-state index contributed by atoms with van der Waals surface area (Å²) in [7, 11) is 0. The Morgan fingerprint density at radius 1 is 0.962 bits per heavy atom. The topological polar surface area (TPSA) is 104 Å². The molecule has 282 valence electrons. The first-order valence-corrected chi connectivity index (χ1v) is 20.4. The third-order valence-electron chi connectivity index (χ3n) is 14.3. The molecule has 0 unspecified atom stereocenters. The maximum Gasteiger partial charge on any atom is 0.313 e. The standard InChI is InChI=1S/C45H55NO6S/c1-30-11-9-21-42(4)37(35-18-16-31(27-33(47)17-15-30)28-36(35)38(48)32-12-7-6-8-13-32)19-22-44(42,51)29-46(25-20-34-14-10-26-53-34)39(49)45-24-23-43(5,40(50)52-45)41(45,2)3/h6-8,10-14,16,18,26,28,33,37,47,51H,9,15,17,19-25,27,29H2,1-5H3/t33-,37-,42-,43-,44+,45+/m0/s1. The van der Waals surface area contributed by atoms with Crippen molar-refractivity contribution in [2.45, 2.75) is 122 Å². The molecule has 0 radical (unpaired) electrons. The van der Waals surface area contributed by atoms with Crippen molar-refractivity contribution in [1.82, 2.24) is 4.90 Å². The normalized spacial score (nSPS) is 32.1. The molecular weight excluding hydrogens is 683 g/mol. The quantitative estimate of drug-likeness (QED) is 0.137. The van der Waals surface area contributed by atoms with Crippen molar-refractivity contribution in [2.75, 3.05) is 13.1 Å². The lowest BCUT2D eigenvalue weighted by Gasteiger charge is -2.47. The zero-order valence-electron chi connectivity index (χ0n) is 32.0. The number of aliphatic hydroxyl groups excluding tert-OH is 1. The van der Waals surface area contributed by atoms with Gasteiger partial charge in [-0.1, -0.05) is 81.0 Å². The van der Waals surface area contributed by atoms with Crippen LogP contribution in [0.2, 0.25) is 0 Å². The molecule has 2 N–H and O–H groups in total. The second kappa shape index (κ2) is 13.9. The van der Waals surface area contributed by atoms with Crippen LogP contribution in [-0.2, 0) is 27.2 Å². The van der Waals surface area contributed by atoms with Gasteiger partial charge in [0.15, 0.2) is 11.4 Å². The van der Waals surface area contributed by atoms with Gasteiger partial charge < -0.3 is 19.8 Å². The van der Waals surface area contributed by atoms with Crippen molar-refractivity contribution in [3.63, 3.8) is 0 Å². The zero-order valence-corrected chi connectivity index (χ0v) is 32.8. The largest absolute Gasteiger partial charge is 0.448 e. The van der Waals surface area contributed by atoms with E-state index in [9.17, 15) is 19.8 Å². The maximum absolute atomic E-state index is 15.1. The predicted molar refractivity (Wildman–Crippen MR) is 208 cm³/mol. The van der Waals surface area contributed by atoms with Crippen molar-refractivity contribution in [3.05, 3.63) is 105 Å². The Balaban J connectivity index is 1.30. The smallest absolute Gasteiger partial charge is 0.313 e.